The third-order valence-corrected chi connectivity index (χ3v) is 3.68. The van der Waals surface area contributed by atoms with Crippen molar-refractivity contribution in [2.24, 2.45) is 5.92 Å². The van der Waals surface area contributed by atoms with Crippen LogP contribution in [0.5, 0.6) is 0 Å². The molecular weight excluding hydrogens is 298 g/mol. The first kappa shape index (κ1) is 19.6. The monoisotopic (exact) mass is 321 g/mol. The van der Waals surface area contributed by atoms with Crippen LogP contribution in [0.2, 0.25) is 0 Å². The first-order valence-corrected chi connectivity index (χ1v) is 8.30. The molecule has 0 spiro atoms. The zero-order chi connectivity index (χ0) is 16.5. The first-order valence-electron chi connectivity index (χ1n) is 6.65. The number of carbonyl (C=O) groups is 2. The number of hydrogen-bond acceptors (Lipinski definition) is 6. The van der Waals surface area contributed by atoms with E-state index in [0.717, 1.165) is 12.2 Å². The molecule has 0 aromatic carbocycles. The lowest BCUT2D eigenvalue weighted by atomic mass is 10.3. The van der Waals surface area contributed by atoms with E-state index < -0.39 is 22.0 Å². The van der Waals surface area contributed by atoms with Crippen LogP contribution in [0, 0.1) is 5.92 Å². The van der Waals surface area contributed by atoms with E-state index in [4.69, 9.17) is 9.47 Å². The highest BCUT2D eigenvalue weighted by atomic mass is 32.2. The maximum absolute atomic E-state index is 11.5. The maximum atomic E-state index is 11.5. The fraction of sp³-hybridized carbons (Fsp3) is 0.692. The van der Waals surface area contributed by atoms with E-state index in [1.165, 1.54) is 0 Å². The number of ether oxygens (including phenoxy) is 2. The molecule has 0 unspecified atom stereocenters. The summed E-state index contributed by atoms with van der Waals surface area (Å²) >= 11 is 0. The predicted molar refractivity (Wildman–Crippen MR) is 78.0 cm³/mol. The quantitative estimate of drug-likeness (QED) is 0.379. The molecule has 1 N–H and O–H groups in total. The van der Waals surface area contributed by atoms with Gasteiger partial charge in [-0.25, -0.2) is 22.7 Å². The molecule has 0 rings (SSSR count). The second-order valence-electron chi connectivity index (χ2n) is 5.06. The topological polar surface area (TPSA) is 98.8 Å². The van der Waals surface area contributed by atoms with Crippen LogP contribution in [-0.2, 0) is 29.1 Å². The van der Waals surface area contributed by atoms with Crippen molar-refractivity contribution in [2.45, 2.75) is 33.8 Å². The second-order valence-corrected chi connectivity index (χ2v) is 6.91. The summed E-state index contributed by atoms with van der Waals surface area (Å²) in [5.74, 6) is -1.35. The average molecular weight is 321 g/mol. The summed E-state index contributed by atoms with van der Waals surface area (Å²) < 4.78 is 34.8. The average Bonchev–Trinajstić information content (AvgIpc) is 2.29. The summed E-state index contributed by atoms with van der Waals surface area (Å²) in [4.78, 5) is 22.4. The molecule has 0 aromatic heterocycles. The Balaban J connectivity index is 3.95. The SMILES string of the molecule is CC(C)CS(=O)(=O)NCCOC(=O)/C=C/C(=O)OC(C)C. The molecular formula is C13H23NO6S. The fourth-order valence-electron chi connectivity index (χ4n) is 1.30. The van der Waals surface area contributed by atoms with Gasteiger partial charge in [-0.2, -0.15) is 0 Å². The minimum absolute atomic E-state index is 0.00886. The molecule has 8 heteroatoms. The molecule has 0 bridgehead atoms. The Bertz CT molecular complexity index is 467. The van der Waals surface area contributed by atoms with Crippen molar-refractivity contribution in [1.29, 1.82) is 0 Å². The molecule has 0 aliphatic carbocycles. The largest absolute Gasteiger partial charge is 0.461 e. The van der Waals surface area contributed by atoms with Gasteiger partial charge in [-0.05, 0) is 19.8 Å². The zero-order valence-corrected chi connectivity index (χ0v) is 13.6. The molecule has 21 heavy (non-hydrogen) atoms. The summed E-state index contributed by atoms with van der Waals surface area (Å²) in [6.07, 6.45) is 1.63. The number of rotatable bonds is 9. The van der Waals surface area contributed by atoms with Crippen LogP contribution in [0.25, 0.3) is 0 Å². The van der Waals surface area contributed by atoms with Gasteiger partial charge in [-0.3, -0.25) is 0 Å². The minimum atomic E-state index is -3.35. The van der Waals surface area contributed by atoms with Crippen molar-refractivity contribution < 1.29 is 27.5 Å². The van der Waals surface area contributed by atoms with Gasteiger partial charge in [0.05, 0.1) is 11.9 Å². The molecule has 0 heterocycles. The molecule has 122 valence electrons. The number of esters is 2. The molecule has 0 amide bonds. The van der Waals surface area contributed by atoms with Gasteiger partial charge >= 0.3 is 11.9 Å². The molecule has 0 aliphatic rings. The lowest BCUT2D eigenvalue weighted by Gasteiger charge is -2.08. The van der Waals surface area contributed by atoms with Gasteiger partial charge in [-0.1, -0.05) is 13.8 Å². The van der Waals surface area contributed by atoms with Crippen LogP contribution in [0.15, 0.2) is 12.2 Å². The molecule has 0 fully saturated rings. The van der Waals surface area contributed by atoms with Gasteiger partial charge in [0, 0.05) is 18.7 Å². The van der Waals surface area contributed by atoms with E-state index in [2.05, 4.69) is 4.72 Å². The van der Waals surface area contributed by atoms with Crippen LogP contribution in [0.4, 0.5) is 0 Å². The lowest BCUT2D eigenvalue weighted by Crippen LogP contribution is -2.31. The highest BCUT2D eigenvalue weighted by Crippen LogP contribution is 1.97. The van der Waals surface area contributed by atoms with Crippen molar-refractivity contribution in [3.8, 4) is 0 Å². The Hall–Kier alpha value is -1.41. The Morgan fingerprint density at radius 2 is 1.67 bits per heavy atom. The van der Waals surface area contributed by atoms with Gasteiger partial charge in [0.15, 0.2) is 0 Å². The third-order valence-electron chi connectivity index (χ3n) is 1.93. The van der Waals surface area contributed by atoms with E-state index in [1.807, 2.05) is 0 Å². The van der Waals surface area contributed by atoms with Crippen molar-refractivity contribution >= 4 is 22.0 Å². The van der Waals surface area contributed by atoms with E-state index in [-0.39, 0.29) is 30.9 Å². The Kier molecular flexibility index (Phi) is 8.87. The molecule has 0 saturated carbocycles. The molecule has 0 radical (unpaired) electrons. The van der Waals surface area contributed by atoms with E-state index in [0.29, 0.717) is 0 Å². The van der Waals surface area contributed by atoms with Gasteiger partial charge < -0.3 is 9.47 Å². The number of sulfonamides is 1. The summed E-state index contributed by atoms with van der Waals surface area (Å²) in [6, 6.07) is 0. The van der Waals surface area contributed by atoms with Crippen LogP contribution in [-0.4, -0.2) is 45.4 Å². The zero-order valence-electron chi connectivity index (χ0n) is 12.8. The van der Waals surface area contributed by atoms with Crippen molar-refractivity contribution in [3.63, 3.8) is 0 Å². The molecule has 0 saturated heterocycles. The van der Waals surface area contributed by atoms with Crippen molar-refractivity contribution in [2.75, 3.05) is 18.9 Å². The van der Waals surface area contributed by atoms with Crippen LogP contribution in [0.3, 0.4) is 0 Å². The lowest BCUT2D eigenvalue weighted by molar-refractivity contribution is -0.142. The van der Waals surface area contributed by atoms with Crippen LogP contribution in [0.1, 0.15) is 27.7 Å². The van der Waals surface area contributed by atoms with E-state index in [9.17, 15) is 18.0 Å². The van der Waals surface area contributed by atoms with E-state index >= 15 is 0 Å². The minimum Gasteiger partial charge on any atom is -0.461 e. The van der Waals surface area contributed by atoms with Gasteiger partial charge in [-0.15, -0.1) is 0 Å². The van der Waals surface area contributed by atoms with Crippen LogP contribution < -0.4 is 4.72 Å². The van der Waals surface area contributed by atoms with Gasteiger partial charge in [0.2, 0.25) is 10.0 Å². The Labute approximate surface area is 125 Å². The number of hydrogen-bond donors (Lipinski definition) is 1. The second kappa shape index (κ2) is 9.51. The van der Waals surface area contributed by atoms with E-state index in [1.54, 1.807) is 27.7 Å². The summed E-state index contributed by atoms with van der Waals surface area (Å²) in [5.41, 5.74) is 0. The predicted octanol–water partition coefficient (Wildman–Crippen LogP) is 0.613. The standard InChI is InChI=1S/C13H23NO6S/c1-10(2)9-21(17,18)14-7-8-19-12(15)5-6-13(16)20-11(3)4/h5-6,10-11,14H,7-9H2,1-4H3/b6-5+. The Morgan fingerprint density at radius 3 is 2.19 bits per heavy atom. The molecule has 0 aromatic rings. The summed E-state index contributed by atoms with van der Waals surface area (Å²) in [7, 11) is -3.35. The van der Waals surface area contributed by atoms with Gasteiger partial charge in [0.1, 0.15) is 6.61 Å². The van der Waals surface area contributed by atoms with Crippen molar-refractivity contribution in [3.05, 3.63) is 12.2 Å². The van der Waals surface area contributed by atoms with Crippen LogP contribution >= 0.6 is 0 Å². The smallest absolute Gasteiger partial charge is 0.331 e. The molecule has 7 nitrogen and oxygen atoms in total. The highest BCUT2D eigenvalue weighted by Gasteiger charge is 2.12. The van der Waals surface area contributed by atoms with Crippen molar-refractivity contribution in [1.82, 2.24) is 4.72 Å². The highest BCUT2D eigenvalue weighted by molar-refractivity contribution is 7.89. The molecule has 0 aliphatic heterocycles. The summed E-state index contributed by atoms with van der Waals surface area (Å²) in [5, 5.41) is 0. The first-order chi connectivity index (χ1) is 9.62. The number of carbonyl (C=O) groups excluding carboxylic acids is 2. The number of nitrogens with one attached hydrogen (secondary N) is 1. The Morgan fingerprint density at radius 1 is 1.10 bits per heavy atom. The normalized spacial score (nSPS) is 12.1. The van der Waals surface area contributed by atoms with Gasteiger partial charge in [0.25, 0.3) is 0 Å². The maximum Gasteiger partial charge on any atom is 0.331 e. The molecule has 0 atom stereocenters. The fourth-order valence-corrected chi connectivity index (χ4v) is 2.69. The summed E-state index contributed by atoms with van der Waals surface area (Å²) in [6.45, 7) is 6.84. The third kappa shape index (κ3) is 12.1.